The van der Waals surface area contributed by atoms with Gasteiger partial charge in [0.25, 0.3) is 0 Å². The molecule has 0 unspecified atom stereocenters. The van der Waals surface area contributed by atoms with Gasteiger partial charge in [0.1, 0.15) is 12.4 Å². The minimum Gasteiger partial charge on any atom is -0.468 e. The van der Waals surface area contributed by atoms with Gasteiger partial charge in [-0.3, -0.25) is 4.98 Å². The van der Waals surface area contributed by atoms with Crippen LogP contribution in [0.25, 0.3) is 0 Å². The Morgan fingerprint density at radius 1 is 1.39 bits per heavy atom. The lowest BCUT2D eigenvalue weighted by molar-refractivity contribution is 0.258. The summed E-state index contributed by atoms with van der Waals surface area (Å²) in [5.74, 6) is 1.31. The molecule has 18 heavy (non-hydrogen) atoms. The maximum Gasteiger partial charge on any atom is 0.233 e. The number of hydrogen-bond donors (Lipinski definition) is 1. The molecule has 5 nitrogen and oxygen atoms in total. The number of aromatic nitrogens is 2. The number of rotatable bonds is 6. The molecule has 2 aromatic rings. The van der Waals surface area contributed by atoms with Crippen molar-refractivity contribution < 1.29 is 9.15 Å². The molecule has 1 fully saturated rings. The predicted molar refractivity (Wildman–Crippen MR) is 64.9 cm³/mol. The van der Waals surface area contributed by atoms with E-state index in [-0.39, 0.29) is 0 Å². The summed E-state index contributed by atoms with van der Waals surface area (Å²) < 4.78 is 10.7. The van der Waals surface area contributed by atoms with Crippen molar-refractivity contribution >= 4 is 0 Å². The molecule has 0 spiro atoms. The van der Waals surface area contributed by atoms with E-state index in [0.717, 1.165) is 18.0 Å². The zero-order chi connectivity index (χ0) is 12.2. The van der Waals surface area contributed by atoms with Crippen LogP contribution < -0.4 is 10.1 Å². The van der Waals surface area contributed by atoms with Gasteiger partial charge in [-0.2, -0.15) is 0 Å². The molecule has 0 radical (unpaired) electrons. The molecule has 0 aliphatic heterocycles. The third-order valence-electron chi connectivity index (χ3n) is 2.75. The topological polar surface area (TPSA) is 60.2 Å². The molecule has 0 saturated heterocycles. The molecule has 0 atom stereocenters. The van der Waals surface area contributed by atoms with Crippen LogP contribution in [0, 0.1) is 0 Å². The highest BCUT2D eigenvalue weighted by molar-refractivity contribution is 5.09. The molecule has 3 rings (SSSR count). The monoisotopic (exact) mass is 245 g/mol. The van der Waals surface area contributed by atoms with Crippen LogP contribution in [-0.2, 0) is 13.2 Å². The highest BCUT2D eigenvalue weighted by Crippen LogP contribution is 2.19. The Morgan fingerprint density at radius 2 is 2.33 bits per heavy atom. The normalized spacial score (nSPS) is 14.7. The van der Waals surface area contributed by atoms with Crippen molar-refractivity contribution in [3.8, 4) is 5.88 Å². The molecule has 0 aromatic carbocycles. The lowest BCUT2D eigenvalue weighted by atomic mass is 10.4. The van der Waals surface area contributed by atoms with E-state index in [2.05, 4.69) is 15.3 Å². The van der Waals surface area contributed by atoms with Gasteiger partial charge in [0.05, 0.1) is 18.2 Å². The van der Waals surface area contributed by atoms with Crippen molar-refractivity contribution in [2.75, 3.05) is 0 Å². The van der Waals surface area contributed by atoms with Gasteiger partial charge >= 0.3 is 0 Å². The summed E-state index contributed by atoms with van der Waals surface area (Å²) >= 11 is 0. The van der Waals surface area contributed by atoms with E-state index in [1.807, 2.05) is 12.1 Å². The maximum absolute atomic E-state index is 5.52. The molecule has 0 bridgehead atoms. The average molecular weight is 245 g/mol. The summed E-state index contributed by atoms with van der Waals surface area (Å²) in [6.07, 6.45) is 7.53. The number of hydrogen-bond acceptors (Lipinski definition) is 5. The Balaban J connectivity index is 1.55. The van der Waals surface area contributed by atoms with Crippen LogP contribution in [0.2, 0.25) is 0 Å². The van der Waals surface area contributed by atoms with E-state index in [0.29, 0.717) is 18.5 Å². The summed E-state index contributed by atoms with van der Waals surface area (Å²) in [5, 5.41) is 3.39. The fourth-order valence-corrected chi connectivity index (χ4v) is 1.62. The number of nitrogens with one attached hydrogen (secondary N) is 1. The fourth-order valence-electron chi connectivity index (χ4n) is 1.62. The molecule has 94 valence electrons. The first-order valence-electron chi connectivity index (χ1n) is 6.09. The van der Waals surface area contributed by atoms with Gasteiger partial charge in [-0.15, -0.1) is 0 Å². The van der Waals surface area contributed by atoms with Crippen LogP contribution in [0.5, 0.6) is 5.88 Å². The van der Waals surface area contributed by atoms with Crippen LogP contribution in [-0.4, -0.2) is 16.0 Å². The van der Waals surface area contributed by atoms with E-state index in [9.17, 15) is 0 Å². The lowest BCUT2D eigenvalue weighted by Gasteiger charge is -2.05. The third-order valence-corrected chi connectivity index (χ3v) is 2.75. The second-order valence-corrected chi connectivity index (χ2v) is 4.37. The molecule has 1 N–H and O–H groups in total. The van der Waals surface area contributed by atoms with E-state index in [4.69, 9.17) is 9.15 Å². The molecule has 1 aliphatic carbocycles. The Kier molecular flexibility index (Phi) is 3.23. The van der Waals surface area contributed by atoms with Crippen molar-refractivity contribution in [1.29, 1.82) is 0 Å². The zero-order valence-electron chi connectivity index (χ0n) is 10.0. The quantitative estimate of drug-likeness (QED) is 0.842. The minimum absolute atomic E-state index is 0.376. The number of furan rings is 1. The van der Waals surface area contributed by atoms with Crippen molar-refractivity contribution in [3.63, 3.8) is 0 Å². The standard InChI is InChI=1S/C13H15N3O2/c1-2-12(17-5-1)9-18-13-8-14-6-11(16-13)7-15-10-3-4-10/h1-2,5-6,8,10,15H,3-4,7,9H2. The first-order valence-corrected chi connectivity index (χ1v) is 6.09. The van der Waals surface area contributed by atoms with E-state index >= 15 is 0 Å². The van der Waals surface area contributed by atoms with Gasteiger partial charge in [-0.1, -0.05) is 0 Å². The van der Waals surface area contributed by atoms with Crippen LogP contribution >= 0.6 is 0 Å². The van der Waals surface area contributed by atoms with Gasteiger partial charge in [0.15, 0.2) is 0 Å². The van der Waals surface area contributed by atoms with E-state index in [1.165, 1.54) is 12.8 Å². The number of nitrogens with zero attached hydrogens (tertiary/aromatic N) is 2. The largest absolute Gasteiger partial charge is 0.468 e. The zero-order valence-corrected chi connectivity index (χ0v) is 10.0. The van der Waals surface area contributed by atoms with Gasteiger partial charge < -0.3 is 14.5 Å². The van der Waals surface area contributed by atoms with Crippen LogP contribution in [0.3, 0.4) is 0 Å². The summed E-state index contributed by atoms with van der Waals surface area (Å²) in [6.45, 7) is 1.12. The fraction of sp³-hybridized carbons (Fsp3) is 0.385. The van der Waals surface area contributed by atoms with Crippen LogP contribution in [0.4, 0.5) is 0 Å². The first kappa shape index (κ1) is 11.2. The molecular weight excluding hydrogens is 230 g/mol. The summed E-state index contributed by atoms with van der Waals surface area (Å²) in [5.41, 5.74) is 0.902. The van der Waals surface area contributed by atoms with E-state index < -0.39 is 0 Å². The van der Waals surface area contributed by atoms with E-state index in [1.54, 1.807) is 18.7 Å². The van der Waals surface area contributed by atoms with Crippen LogP contribution in [0.1, 0.15) is 24.3 Å². The van der Waals surface area contributed by atoms with Crippen molar-refractivity contribution in [2.45, 2.75) is 32.0 Å². The SMILES string of the molecule is c1coc(COc2cncc(CNC3CC3)n2)c1. The summed E-state index contributed by atoms with van der Waals surface area (Å²) in [4.78, 5) is 8.51. The first-order chi connectivity index (χ1) is 8.90. The van der Waals surface area contributed by atoms with Crippen molar-refractivity contribution in [3.05, 3.63) is 42.2 Å². The van der Waals surface area contributed by atoms with Gasteiger partial charge in [-0.25, -0.2) is 4.98 Å². The van der Waals surface area contributed by atoms with Gasteiger partial charge in [0.2, 0.25) is 5.88 Å². The predicted octanol–water partition coefficient (Wildman–Crippen LogP) is 1.90. The van der Waals surface area contributed by atoms with Crippen molar-refractivity contribution in [1.82, 2.24) is 15.3 Å². The summed E-state index contributed by atoms with van der Waals surface area (Å²) in [7, 11) is 0. The van der Waals surface area contributed by atoms with Crippen molar-refractivity contribution in [2.24, 2.45) is 0 Å². The smallest absolute Gasteiger partial charge is 0.233 e. The Bertz CT molecular complexity index is 495. The molecule has 0 amide bonds. The average Bonchev–Trinajstić information content (AvgIpc) is 3.09. The molecule has 1 saturated carbocycles. The summed E-state index contributed by atoms with van der Waals surface area (Å²) in [6, 6.07) is 4.37. The molecule has 2 aromatic heterocycles. The molecular formula is C13H15N3O2. The Hall–Kier alpha value is -1.88. The van der Waals surface area contributed by atoms with Gasteiger partial charge in [-0.05, 0) is 25.0 Å². The number of ether oxygens (including phenoxy) is 1. The third kappa shape index (κ3) is 3.07. The highest BCUT2D eigenvalue weighted by Gasteiger charge is 2.20. The molecule has 5 heteroatoms. The Labute approximate surface area is 105 Å². The molecule has 1 aliphatic rings. The highest BCUT2D eigenvalue weighted by atomic mass is 16.5. The second-order valence-electron chi connectivity index (χ2n) is 4.37. The van der Waals surface area contributed by atoms with Crippen LogP contribution in [0.15, 0.2) is 35.2 Å². The second kappa shape index (κ2) is 5.18. The van der Waals surface area contributed by atoms with Gasteiger partial charge in [0, 0.05) is 18.8 Å². The molecule has 2 heterocycles. The minimum atomic E-state index is 0.376. The Morgan fingerprint density at radius 3 is 3.11 bits per heavy atom. The lowest BCUT2D eigenvalue weighted by Crippen LogP contribution is -2.16. The maximum atomic E-state index is 5.52.